The first-order chi connectivity index (χ1) is 10.7. The zero-order valence-corrected chi connectivity index (χ0v) is 11.9. The Balaban J connectivity index is 1.90. The zero-order chi connectivity index (χ0) is 15.5. The molecule has 110 valence electrons. The fourth-order valence-corrected chi connectivity index (χ4v) is 2.21. The summed E-state index contributed by atoms with van der Waals surface area (Å²) in [6.07, 6.45) is -2.19. The van der Waals surface area contributed by atoms with Crippen molar-refractivity contribution in [1.29, 1.82) is 0 Å². The summed E-state index contributed by atoms with van der Waals surface area (Å²) in [6, 6.07) is 14.2. The van der Waals surface area contributed by atoms with E-state index in [0.29, 0.717) is 17.1 Å². The SMILES string of the molecule is COc1ccc2c(c1)C(=O)[C@H](O)[C@@H](C#Cc1ccccc1)O2. The number of aliphatic hydroxyl groups excluding tert-OH is 1. The standard InChI is InChI=1S/C18H14O4/c1-21-13-8-10-15-14(11-13)17(19)18(20)16(22-15)9-7-12-5-3-2-4-6-12/h2-6,8,10-11,16,18,20H,1H3/t16-,18-/m1/s1. The normalized spacial score (nSPS) is 19.5. The number of hydrogen-bond donors (Lipinski definition) is 1. The summed E-state index contributed by atoms with van der Waals surface area (Å²) < 4.78 is 10.7. The fourth-order valence-electron chi connectivity index (χ4n) is 2.21. The topological polar surface area (TPSA) is 55.8 Å². The van der Waals surface area contributed by atoms with E-state index in [1.54, 1.807) is 18.2 Å². The summed E-state index contributed by atoms with van der Waals surface area (Å²) in [5.41, 5.74) is 1.11. The number of methoxy groups -OCH3 is 1. The van der Waals surface area contributed by atoms with Crippen LogP contribution in [0, 0.1) is 11.8 Å². The second kappa shape index (κ2) is 5.92. The Kier molecular flexibility index (Phi) is 3.82. The van der Waals surface area contributed by atoms with Gasteiger partial charge in [-0.1, -0.05) is 24.1 Å². The molecule has 4 heteroatoms. The van der Waals surface area contributed by atoms with Gasteiger partial charge in [0.1, 0.15) is 11.5 Å². The van der Waals surface area contributed by atoms with Crippen LogP contribution in [0.5, 0.6) is 11.5 Å². The van der Waals surface area contributed by atoms with Gasteiger partial charge in [0.2, 0.25) is 0 Å². The van der Waals surface area contributed by atoms with E-state index in [-0.39, 0.29) is 0 Å². The highest BCUT2D eigenvalue weighted by molar-refractivity contribution is 6.03. The van der Waals surface area contributed by atoms with Gasteiger partial charge < -0.3 is 14.6 Å². The maximum atomic E-state index is 12.3. The predicted octanol–water partition coefficient (Wildman–Crippen LogP) is 2.05. The lowest BCUT2D eigenvalue weighted by Crippen LogP contribution is -2.41. The Labute approximate surface area is 128 Å². The van der Waals surface area contributed by atoms with Gasteiger partial charge in [-0.2, -0.15) is 0 Å². The van der Waals surface area contributed by atoms with E-state index in [2.05, 4.69) is 11.8 Å². The number of Topliss-reactive ketones (excluding diaryl/α,β-unsaturated/α-hetero) is 1. The van der Waals surface area contributed by atoms with Crippen molar-refractivity contribution in [2.24, 2.45) is 0 Å². The van der Waals surface area contributed by atoms with Crippen LogP contribution >= 0.6 is 0 Å². The summed E-state index contributed by atoms with van der Waals surface area (Å²) >= 11 is 0. The van der Waals surface area contributed by atoms with Gasteiger partial charge in [0.05, 0.1) is 12.7 Å². The Morgan fingerprint density at radius 1 is 1.18 bits per heavy atom. The van der Waals surface area contributed by atoms with Crippen LogP contribution in [0.1, 0.15) is 15.9 Å². The monoisotopic (exact) mass is 294 g/mol. The molecule has 1 aliphatic rings. The molecule has 2 aromatic rings. The second-order valence-corrected chi connectivity index (χ2v) is 4.84. The smallest absolute Gasteiger partial charge is 0.200 e. The number of rotatable bonds is 1. The van der Waals surface area contributed by atoms with E-state index < -0.39 is 18.0 Å². The van der Waals surface area contributed by atoms with E-state index in [0.717, 1.165) is 5.56 Å². The molecule has 0 spiro atoms. The number of ether oxygens (including phenoxy) is 2. The Morgan fingerprint density at radius 3 is 2.68 bits per heavy atom. The summed E-state index contributed by atoms with van der Waals surface area (Å²) in [7, 11) is 1.51. The minimum absolute atomic E-state index is 0.310. The first-order valence-corrected chi connectivity index (χ1v) is 6.82. The van der Waals surface area contributed by atoms with E-state index >= 15 is 0 Å². The highest BCUT2D eigenvalue weighted by atomic mass is 16.5. The maximum Gasteiger partial charge on any atom is 0.200 e. The molecule has 1 heterocycles. The lowest BCUT2D eigenvalue weighted by molar-refractivity contribution is 0.0403. The van der Waals surface area contributed by atoms with Gasteiger partial charge in [0, 0.05) is 5.56 Å². The third-order valence-electron chi connectivity index (χ3n) is 3.39. The van der Waals surface area contributed by atoms with Crippen LogP contribution in [0.3, 0.4) is 0 Å². The molecular weight excluding hydrogens is 280 g/mol. The van der Waals surface area contributed by atoms with Crippen LogP contribution in [0.25, 0.3) is 0 Å². The number of fused-ring (bicyclic) bond motifs is 1. The molecule has 22 heavy (non-hydrogen) atoms. The molecule has 0 fully saturated rings. The van der Waals surface area contributed by atoms with Crippen molar-refractivity contribution in [3.8, 4) is 23.3 Å². The molecule has 1 aliphatic heterocycles. The van der Waals surface area contributed by atoms with Crippen LogP contribution in [-0.4, -0.2) is 30.2 Å². The van der Waals surface area contributed by atoms with Gasteiger partial charge >= 0.3 is 0 Å². The van der Waals surface area contributed by atoms with Crippen LogP contribution in [0.15, 0.2) is 48.5 Å². The largest absolute Gasteiger partial charge is 0.497 e. The zero-order valence-electron chi connectivity index (χ0n) is 11.9. The van der Waals surface area contributed by atoms with E-state index in [1.807, 2.05) is 30.3 Å². The molecule has 3 rings (SSSR count). The molecular formula is C18H14O4. The van der Waals surface area contributed by atoms with Crippen molar-refractivity contribution in [2.45, 2.75) is 12.2 Å². The molecule has 0 radical (unpaired) electrons. The summed E-state index contributed by atoms with van der Waals surface area (Å²) in [4.78, 5) is 12.3. The third-order valence-corrected chi connectivity index (χ3v) is 3.39. The van der Waals surface area contributed by atoms with Gasteiger partial charge in [0.15, 0.2) is 18.0 Å². The van der Waals surface area contributed by atoms with Crippen molar-refractivity contribution in [3.05, 3.63) is 59.7 Å². The number of aliphatic hydroxyl groups is 1. The summed E-state index contributed by atoms with van der Waals surface area (Å²) in [5.74, 6) is 6.25. The average Bonchev–Trinajstić information content (AvgIpc) is 2.57. The minimum atomic E-state index is -1.31. The van der Waals surface area contributed by atoms with Crippen molar-refractivity contribution in [1.82, 2.24) is 0 Å². The van der Waals surface area contributed by atoms with Gasteiger partial charge in [-0.25, -0.2) is 0 Å². The van der Waals surface area contributed by atoms with Crippen LogP contribution in [-0.2, 0) is 0 Å². The molecule has 0 saturated carbocycles. The molecule has 1 N–H and O–H groups in total. The van der Waals surface area contributed by atoms with Gasteiger partial charge in [-0.15, -0.1) is 0 Å². The molecule has 2 aromatic carbocycles. The van der Waals surface area contributed by atoms with Crippen LogP contribution < -0.4 is 9.47 Å². The highest BCUT2D eigenvalue weighted by Crippen LogP contribution is 2.30. The van der Waals surface area contributed by atoms with Gasteiger partial charge in [0.25, 0.3) is 0 Å². The molecule has 0 amide bonds. The van der Waals surface area contributed by atoms with E-state index in [9.17, 15) is 9.90 Å². The number of ketones is 1. The number of benzene rings is 2. The first kappa shape index (κ1) is 14.2. The van der Waals surface area contributed by atoms with Crippen molar-refractivity contribution in [3.63, 3.8) is 0 Å². The minimum Gasteiger partial charge on any atom is -0.497 e. The van der Waals surface area contributed by atoms with Crippen LogP contribution in [0.4, 0.5) is 0 Å². The summed E-state index contributed by atoms with van der Waals surface area (Å²) in [6.45, 7) is 0. The van der Waals surface area contributed by atoms with Crippen molar-refractivity contribution < 1.29 is 19.4 Å². The third kappa shape index (κ3) is 2.67. The molecule has 0 saturated heterocycles. The lowest BCUT2D eigenvalue weighted by Gasteiger charge is -2.26. The second-order valence-electron chi connectivity index (χ2n) is 4.84. The summed E-state index contributed by atoms with van der Waals surface area (Å²) in [5, 5.41) is 10.1. The Bertz CT molecular complexity index is 756. The first-order valence-electron chi connectivity index (χ1n) is 6.82. The van der Waals surface area contributed by atoms with E-state index in [1.165, 1.54) is 7.11 Å². The maximum absolute atomic E-state index is 12.3. The number of hydrogen-bond acceptors (Lipinski definition) is 4. The number of carbonyl (C=O) groups excluding carboxylic acids is 1. The van der Waals surface area contributed by atoms with Gasteiger partial charge in [-0.05, 0) is 36.3 Å². The Morgan fingerprint density at radius 2 is 1.95 bits per heavy atom. The molecule has 0 bridgehead atoms. The lowest BCUT2D eigenvalue weighted by atomic mass is 9.97. The highest BCUT2D eigenvalue weighted by Gasteiger charge is 2.35. The quantitative estimate of drug-likeness (QED) is 0.818. The number of carbonyl (C=O) groups is 1. The van der Waals surface area contributed by atoms with Crippen molar-refractivity contribution in [2.75, 3.05) is 7.11 Å². The molecule has 0 aliphatic carbocycles. The van der Waals surface area contributed by atoms with Gasteiger partial charge in [-0.3, -0.25) is 4.79 Å². The van der Waals surface area contributed by atoms with Crippen LogP contribution in [0.2, 0.25) is 0 Å². The average molecular weight is 294 g/mol. The van der Waals surface area contributed by atoms with Crippen molar-refractivity contribution >= 4 is 5.78 Å². The fraction of sp³-hybridized carbons (Fsp3) is 0.167. The molecule has 0 unspecified atom stereocenters. The molecule has 2 atom stereocenters. The molecule has 0 aromatic heterocycles. The predicted molar refractivity (Wildman–Crippen MR) is 81.1 cm³/mol. The van der Waals surface area contributed by atoms with E-state index in [4.69, 9.17) is 9.47 Å². The Hall–Kier alpha value is -2.77. The molecule has 4 nitrogen and oxygen atoms in total.